The van der Waals surface area contributed by atoms with E-state index in [0.717, 1.165) is 31.6 Å². The molecular formula is C15H20O4. The summed E-state index contributed by atoms with van der Waals surface area (Å²) in [4.78, 5) is 22.1. The summed E-state index contributed by atoms with van der Waals surface area (Å²) in [6, 6.07) is 6.95. The molecule has 4 nitrogen and oxygen atoms in total. The van der Waals surface area contributed by atoms with Gasteiger partial charge in [0.15, 0.2) is 0 Å². The molecule has 1 aliphatic rings. The smallest absolute Gasteiger partial charge is 0.376 e. The van der Waals surface area contributed by atoms with Gasteiger partial charge in [0.05, 0.1) is 7.11 Å². The minimum atomic E-state index is -0.504. The maximum atomic E-state index is 11.9. The first-order chi connectivity index (χ1) is 9.20. The first-order valence-electron chi connectivity index (χ1n) is 6.71. The van der Waals surface area contributed by atoms with Crippen molar-refractivity contribution in [2.24, 2.45) is 5.92 Å². The fourth-order valence-electron chi connectivity index (χ4n) is 2.30. The third kappa shape index (κ3) is 3.70. The van der Waals surface area contributed by atoms with Gasteiger partial charge < -0.3 is 4.74 Å². The Kier molecular flexibility index (Phi) is 4.80. The second-order valence-corrected chi connectivity index (χ2v) is 5.05. The first kappa shape index (κ1) is 13.9. The maximum absolute atomic E-state index is 11.9. The molecule has 0 amide bonds. The van der Waals surface area contributed by atoms with E-state index in [1.807, 2.05) is 0 Å². The van der Waals surface area contributed by atoms with E-state index in [-0.39, 0.29) is 6.10 Å². The summed E-state index contributed by atoms with van der Waals surface area (Å²) in [5.74, 6) is 0.731. The fraction of sp³-hybridized carbons (Fsp3) is 0.533. The zero-order valence-corrected chi connectivity index (χ0v) is 11.4. The van der Waals surface area contributed by atoms with Crippen molar-refractivity contribution >= 4 is 5.97 Å². The Morgan fingerprint density at radius 1 is 1.16 bits per heavy atom. The third-order valence-electron chi connectivity index (χ3n) is 3.55. The Morgan fingerprint density at radius 3 is 2.53 bits per heavy atom. The van der Waals surface area contributed by atoms with Gasteiger partial charge in [-0.25, -0.2) is 4.79 Å². The van der Waals surface area contributed by atoms with E-state index in [4.69, 9.17) is 14.5 Å². The topological polar surface area (TPSA) is 44.8 Å². The number of rotatable bonds is 4. The molecule has 0 N–H and O–H groups in total. The van der Waals surface area contributed by atoms with Crippen LogP contribution >= 0.6 is 0 Å². The van der Waals surface area contributed by atoms with Crippen molar-refractivity contribution in [2.45, 2.75) is 38.7 Å². The number of ether oxygens (including phenoxy) is 1. The van der Waals surface area contributed by atoms with E-state index in [1.165, 1.54) is 7.11 Å². The summed E-state index contributed by atoms with van der Waals surface area (Å²) in [6.45, 7) is 2.23. The second-order valence-electron chi connectivity index (χ2n) is 5.05. The molecule has 0 aliphatic heterocycles. The number of hydrogen-bond donors (Lipinski definition) is 0. The Balaban J connectivity index is 1.87. The molecule has 0 heterocycles. The summed E-state index contributed by atoms with van der Waals surface area (Å²) in [7, 11) is 1.52. The van der Waals surface area contributed by atoms with Crippen LogP contribution in [0.3, 0.4) is 0 Å². The monoisotopic (exact) mass is 264 g/mol. The molecule has 0 spiro atoms. The van der Waals surface area contributed by atoms with Gasteiger partial charge in [0.1, 0.15) is 17.4 Å². The van der Waals surface area contributed by atoms with Gasteiger partial charge in [-0.2, -0.15) is 4.89 Å². The largest absolute Gasteiger partial charge is 0.496 e. The van der Waals surface area contributed by atoms with Gasteiger partial charge in [0.25, 0.3) is 0 Å². The highest BCUT2D eigenvalue weighted by Gasteiger charge is 2.22. The predicted molar refractivity (Wildman–Crippen MR) is 70.9 cm³/mol. The average molecular weight is 264 g/mol. The molecule has 0 aromatic heterocycles. The number of hydrogen-bond acceptors (Lipinski definition) is 4. The minimum absolute atomic E-state index is 0.0230. The number of carbonyl (C=O) groups is 1. The molecule has 0 saturated heterocycles. The van der Waals surface area contributed by atoms with Gasteiger partial charge in [-0.3, -0.25) is 4.89 Å². The van der Waals surface area contributed by atoms with Gasteiger partial charge in [0, 0.05) is 0 Å². The molecule has 0 radical (unpaired) electrons. The first-order valence-corrected chi connectivity index (χ1v) is 6.71. The van der Waals surface area contributed by atoms with Gasteiger partial charge in [-0.05, 0) is 43.7 Å². The lowest BCUT2D eigenvalue weighted by Gasteiger charge is -2.24. The van der Waals surface area contributed by atoms with Crippen molar-refractivity contribution in [1.82, 2.24) is 0 Å². The van der Waals surface area contributed by atoms with Crippen molar-refractivity contribution in [1.29, 1.82) is 0 Å². The van der Waals surface area contributed by atoms with Crippen LogP contribution in [0.15, 0.2) is 24.3 Å². The molecule has 1 saturated carbocycles. The van der Waals surface area contributed by atoms with Crippen LogP contribution in [0.25, 0.3) is 0 Å². The summed E-state index contributed by atoms with van der Waals surface area (Å²) >= 11 is 0. The maximum Gasteiger partial charge on any atom is 0.376 e. The lowest BCUT2D eigenvalue weighted by molar-refractivity contribution is -0.280. The summed E-state index contributed by atoms with van der Waals surface area (Å²) in [5.41, 5.74) is 0.383. The number of para-hydroxylation sites is 1. The molecule has 4 heteroatoms. The van der Waals surface area contributed by atoms with Crippen molar-refractivity contribution < 1.29 is 19.3 Å². The number of carbonyl (C=O) groups excluding carboxylic acids is 1. The molecule has 1 aliphatic carbocycles. The van der Waals surface area contributed by atoms with E-state index in [0.29, 0.717) is 11.3 Å². The molecule has 2 rings (SSSR count). The summed E-state index contributed by atoms with van der Waals surface area (Å²) in [5, 5.41) is 0. The van der Waals surface area contributed by atoms with Crippen molar-refractivity contribution in [3.63, 3.8) is 0 Å². The predicted octanol–water partition coefficient (Wildman–Crippen LogP) is 3.36. The lowest BCUT2D eigenvalue weighted by atomic mass is 9.89. The van der Waals surface area contributed by atoms with Crippen molar-refractivity contribution in [3.05, 3.63) is 29.8 Å². The quantitative estimate of drug-likeness (QED) is 0.618. The van der Waals surface area contributed by atoms with Gasteiger partial charge in [-0.15, -0.1) is 0 Å². The highest BCUT2D eigenvalue weighted by molar-refractivity contribution is 5.92. The van der Waals surface area contributed by atoms with Crippen LogP contribution in [0, 0.1) is 5.92 Å². The molecule has 0 unspecified atom stereocenters. The number of methoxy groups -OCH3 is 1. The van der Waals surface area contributed by atoms with Crippen LogP contribution in [0.2, 0.25) is 0 Å². The van der Waals surface area contributed by atoms with Crippen LogP contribution in [-0.2, 0) is 9.78 Å². The molecule has 19 heavy (non-hydrogen) atoms. The van der Waals surface area contributed by atoms with E-state index in [2.05, 4.69) is 6.92 Å². The van der Waals surface area contributed by atoms with Crippen LogP contribution in [0.1, 0.15) is 43.0 Å². The highest BCUT2D eigenvalue weighted by atomic mass is 17.2. The highest BCUT2D eigenvalue weighted by Crippen LogP contribution is 2.26. The Labute approximate surface area is 113 Å². The molecule has 0 atom stereocenters. The van der Waals surface area contributed by atoms with Gasteiger partial charge in [-0.1, -0.05) is 19.1 Å². The van der Waals surface area contributed by atoms with Crippen LogP contribution in [0.5, 0.6) is 5.75 Å². The zero-order valence-electron chi connectivity index (χ0n) is 11.4. The Hall–Kier alpha value is -1.55. The molecular weight excluding hydrogens is 244 g/mol. The van der Waals surface area contributed by atoms with Crippen LogP contribution in [0.4, 0.5) is 0 Å². The summed E-state index contributed by atoms with van der Waals surface area (Å²) in [6.07, 6.45) is 4.16. The summed E-state index contributed by atoms with van der Waals surface area (Å²) < 4.78 is 5.12. The second kappa shape index (κ2) is 6.57. The lowest BCUT2D eigenvalue weighted by Crippen LogP contribution is -2.22. The molecule has 1 aromatic rings. The minimum Gasteiger partial charge on any atom is -0.496 e. The van der Waals surface area contributed by atoms with E-state index in [9.17, 15) is 4.79 Å². The Morgan fingerprint density at radius 2 is 1.84 bits per heavy atom. The van der Waals surface area contributed by atoms with E-state index >= 15 is 0 Å². The zero-order chi connectivity index (χ0) is 13.7. The molecule has 1 aromatic carbocycles. The van der Waals surface area contributed by atoms with Gasteiger partial charge >= 0.3 is 5.97 Å². The van der Waals surface area contributed by atoms with Crippen LogP contribution in [-0.4, -0.2) is 19.2 Å². The van der Waals surface area contributed by atoms with Crippen molar-refractivity contribution in [2.75, 3.05) is 7.11 Å². The van der Waals surface area contributed by atoms with Crippen molar-refractivity contribution in [3.8, 4) is 5.75 Å². The third-order valence-corrected chi connectivity index (χ3v) is 3.55. The molecule has 0 bridgehead atoms. The fourth-order valence-corrected chi connectivity index (χ4v) is 2.30. The molecule has 1 fully saturated rings. The molecule has 104 valence electrons. The van der Waals surface area contributed by atoms with E-state index in [1.54, 1.807) is 24.3 Å². The van der Waals surface area contributed by atoms with Gasteiger partial charge in [0.2, 0.25) is 0 Å². The standard InChI is InChI=1S/C15H20O4/c1-11-7-9-12(10-8-11)18-19-15(16)13-5-3-4-6-14(13)17-2/h3-6,11-12H,7-10H2,1-2H3. The number of benzene rings is 1. The SMILES string of the molecule is COc1ccccc1C(=O)OOC1CCC(C)CC1. The van der Waals surface area contributed by atoms with Crippen LogP contribution < -0.4 is 4.74 Å². The average Bonchev–Trinajstić information content (AvgIpc) is 2.46. The van der Waals surface area contributed by atoms with E-state index < -0.39 is 5.97 Å². The Bertz CT molecular complexity index is 422. The normalized spacial score (nSPS) is 22.8.